The van der Waals surface area contributed by atoms with E-state index in [4.69, 9.17) is 21.1 Å². The minimum atomic E-state index is -0.365. The van der Waals surface area contributed by atoms with Crippen molar-refractivity contribution in [3.63, 3.8) is 0 Å². The summed E-state index contributed by atoms with van der Waals surface area (Å²) in [5.74, 6) is 0.132. The van der Waals surface area contributed by atoms with Crippen LogP contribution in [-0.2, 0) is 4.74 Å². The van der Waals surface area contributed by atoms with E-state index in [-0.39, 0.29) is 10.8 Å². The van der Waals surface area contributed by atoms with Crippen LogP contribution in [0, 0.1) is 5.82 Å². The van der Waals surface area contributed by atoms with Crippen molar-refractivity contribution in [1.82, 2.24) is 5.32 Å². The fourth-order valence-corrected chi connectivity index (χ4v) is 1.35. The van der Waals surface area contributed by atoms with Gasteiger partial charge < -0.3 is 14.8 Å². The molecule has 90 valence electrons. The lowest BCUT2D eigenvalue weighted by atomic mass is 10.3. The number of halogens is 2. The molecule has 1 rings (SSSR count). The molecule has 0 radical (unpaired) electrons. The first kappa shape index (κ1) is 13.2. The second kappa shape index (κ2) is 7.44. The average molecular weight is 248 g/mol. The maximum absolute atomic E-state index is 12.7. The van der Waals surface area contributed by atoms with Crippen LogP contribution in [0.5, 0.6) is 5.75 Å². The van der Waals surface area contributed by atoms with Crippen LogP contribution in [0.2, 0.25) is 5.02 Å². The standard InChI is InChI=1S/C11H15ClFNO2/c1-15-6-4-14-5-7-16-11-3-2-9(13)8-10(11)12/h2-3,8,14H,4-7H2,1H3. The van der Waals surface area contributed by atoms with Gasteiger partial charge in [0.15, 0.2) is 0 Å². The summed E-state index contributed by atoms with van der Waals surface area (Å²) in [6.45, 7) is 2.61. The van der Waals surface area contributed by atoms with Crippen molar-refractivity contribution in [2.45, 2.75) is 0 Å². The lowest BCUT2D eigenvalue weighted by molar-refractivity contribution is 0.197. The summed E-state index contributed by atoms with van der Waals surface area (Å²) < 4.78 is 23.0. The minimum Gasteiger partial charge on any atom is -0.491 e. The van der Waals surface area contributed by atoms with E-state index in [0.29, 0.717) is 25.5 Å². The summed E-state index contributed by atoms with van der Waals surface area (Å²) in [5.41, 5.74) is 0. The van der Waals surface area contributed by atoms with Gasteiger partial charge in [-0.15, -0.1) is 0 Å². The molecule has 1 aromatic rings. The Labute approximate surface area is 99.5 Å². The Hall–Kier alpha value is -0.840. The van der Waals surface area contributed by atoms with E-state index >= 15 is 0 Å². The highest BCUT2D eigenvalue weighted by atomic mass is 35.5. The fourth-order valence-electron chi connectivity index (χ4n) is 1.12. The van der Waals surface area contributed by atoms with Gasteiger partial charge in [-0.3, -0.25) is 0 Å². The highest BCUT2D eigenvalue weighted by Crippen LogP contribution is 2.24. The Kier molecular flexibility index (Phi) is 6.15. The largest absolute Gasteiger partial charge is 0.491 e. The number of ether oxygens (including phenoxy) is 2. The molecule has 0 saturated heterocycles. The maximum Gasteiger partial charge on any atom is 0.138 e. The highest BCUT2D eigenvalue weighted by molar-refractivity contribution is 6.32. The molecule has 0 bridgehead atoms. The van der Waals surface area contributed by atoms with Gasteiger partial charge in [0.2, 0.25) is 0 Å². The van der Waals surface area contributed by atoms with E-state index in [2.05, 4.69) is 5.32 Å². The summed E-state index contributed by atoms with van der Waals surface area (Å²) in [6.07, 6.45) is 0. The molecule has 0 fully saturated rings. The average Bonchev–Trinajstić information content (AvgIpc) is 2.26. The predicted molar refractivity (Wildman–Crippen MR) is 61.7 cm³/mol. The fraction of sp³-hybridized carbons (Fsp3) is 0.455. The molecule has 1 aromatic carbocycles. The van der Waals surface area contributed by atoms with Crippen LogP contribution in [0.3, 0.4) is 0 Å². The van der Waals surface area contributed by atoms with Crippen LogP contribution >= 0.6 is 11.6 Å². The van der Waals surface area contributed by atoms with Crippen LogP contribution in [-0.4, -0.2) is 33.4 Å². The van der Waals surface area contributed by atoms with Gasteiger partial charge in [0, 0.05) is 20.2 Å². The first-order valence-corrected chi connectivity index (χ1v) is 5.39. The topological polar surface area (TPSA) is 30.5 Å². The number of rotatable bonds is 7. The van der Waals surface area contributed by atoms with E-state index in [1.54, 1.807) is 7.11 Å². The Balaban J connectivity index is 2.21. The molecule has 5 heteroatoms. The quantitative estimate of drug-likeness (QED) is 0.749. The maximum atomic E-state index is 12.7. The van der Waals surface area contributed by atoms with Crippen LogP contribution in [0.25, 0.3) is 0 Å². The van der Waals surface area contributed by atoms with Gasteiger partial charge in [-0.25, -0.2) is 4.39 Å². The van der Waals surface area contributed by atoms with Gasteiger partial charge in [-0.05, 0) is 18.2 Å². The summed E-state index contributed by atoms with van der Waals surface area (Å²) in [7, 11) is 1.65. The highest BCUT2D eigenvalue weighted by Gasteiger charge is 2.02. The minimum absolute atomic E-state index is 0.289. The molecule has 3 nitrogen and oxygen atoms in total. The zero-order valence-corrected chi connectivity index (χ0v) is 9.89. The van der Waals surface area contributed by atoms with Gasteiger partial charge in [0.1, 0.15) is 18.2 Å². The molecule has 0 unspecified atom stereocenters. The zero-order valence-electron chi connectivity index (χ0n) is 9.13. The number of nitrogens with one attached hydrogen (secondary N) is 1. The molecule has 0 saturated carbocycles. The third kappa shape index (κ3) is 4.79. The van der Waals surface area contributed by atoms with E-state index in [1.165, 1.54) is 18.2 Å². The van der Waals surface area contributed by atoms with E-state index in [0.717, 1.165) is 6.54 Å². The summed E-state index contributed by atoms with van der Waals surface area (Å²) in [6, 6.07) is 4.07. The molecular weight excluding hydrogens is 233 g/mol. The summed E-state index contributed by atoms with van der Waals surface area (Å²) >= 11 is 5.79. The van der Waals surface area contributed by atoms with Crippen LogP contribution in [0.4, 0.5) is 4.39 Å². The van der Waals surface area contributed by atoms with Gasteiger partial charge in [0.05, 0.1) is 11.6 Å². The molecule has 0 aliphatic rings. The first-order chi connectivity index (χ1) is 7.74. The Morgan fingerprint density at radius 2 is 2.06 bits per heavy atom. The number of methoxy groups -OCH3 is 1. The lowest BCUT2D eigenvalue weighted by Gasteiger charge is -2.08. The van der Waals surface area contributed by atoms with Crippen molar-refractivity contribution in [1.29, 1.82) is 0 Å². The Morgan fingerprint density at radius 3 is 2.75 bits per heavy atom. The van der Waals surface area contributed by atoms with Crippen molar-refractivity contribution in [3.05, 3.63) is 29.0 Å². The second-order valence-electron chi connectivity index (χ2n) is 3.17. The number of hydrogen-bond donors (Lipinski definition) is 1. The van der Waals surface area contributed by atoms with Gasteiger partial charge in [-0.2, -0.15) is 0 Å². The molecule has 0 aromatic heterocycles. The molecular formula is C11H15ClFNO2. The monoisotopic (exact) mass is 247 g/mol. The molecule has 0 atom stereocenters. The van der Waals surface area contributed by atoms with E-state index in [9.17, 15) is 4.39 Å². The Bertz CT molecular complexity index is 323. The van der Waals surface area contributed by atoms with Crippen LogP contribution in [0.1, 0.15) is 0 Å². The molecule has 1 N–H and O–H groups in total. The molecule has 0 aliphatic carbocycles. The first-order valence-electron chi connectivity index (χ1n) is 5.01. The zero-order chi connectivity index (χ0) is 11.8. The Morgan fingerprint density at radius 1 is 1.31 bits per heavy atom. The predicted octanol–water partition coefficient (Wildman–Crippen LogP) is 2.09. The third-order valence-corrected chi connectivity index (χ3v) is 2.21. The van der Waals surface area contributed by atoms with Crippen molar-refractivity contribution < 1.29 is 13.9 Å². The smallest absolute Gasteiger partial charge is 0.138 e. The molecule has 0 amide bonds. The van der Waals surface area contributed by atoms with Crippen molar-refractivity contribution in [2.24, 2.45) is 0 Å². The lowest BCUT2D eigenvalue weighted by Crippen LogP contribution is -2.24. The number of benzene rings is 1. The second-order valence-corrected chi connectivity index (χ2v) is 3.57. The van der Waals surface area contributed by atoms with E-state index in [1.807, 2.05) is 0 Å². The van der Waals surface area contributed by atoms with Crippen molar-refractivity contribution in [3.8, 4) is 5.75 Å². The number of hydrogen-bond acceptors (Lipinski definition) is 3. The van der Waals surface area contributed by atoms with Gasteiger partial charge >= 0.3 is 0 Å². The summed E-state index contributed by atoms with van der Waals surface area (Å²) in [4.78, 5) is 0. The molecule has 0 aliphatic heterocycles. The molecule has 16 heavy (non-hydrogen) atoms. The van der Waals surface area contributed by atoms with Crippen LogP contribution in [0.15, 0.2) is 18.2 Å². The normalized spacial score (nSPS) is 10.4. The SMILES string of the molecule is COCCNCCOc1ccc(F)cc1Cl. The van der Waals surface area contributed by atoms with Crippen LogP contribution < -0.4 is 10.1 Å². The van der Waals surface area contributed by atoms with Gasteiger partial charge in [-0.1, -0.05) is 11.6 Å². The third-order valence-electron chi connectivity index (χ3n) is 1.91. The molecule has 0 heterocycles. The molecule has 0 spiro atoms. The summed E-state index contributed by atoms with van der Waals surface area (Å²) in [5, 5.41) is 3.41. The van der Waals surface area contributed by atoms with Crippen molar-refractivity contribution >= 4 is 11.6 Å². The van der Waals surface area contributed by atoms with E-state index < -0.39 is 0 Å². The van der Waals surface area contributed by atoms with Crippen molar-refractivity contribution in [2.75, 3.05) is 33.4 Å². The van der Waals surface area contributed by atoms with Gasteiger partial charge in [0.25, 0.3) is 0 Å².